The number of carbonyl (C=O) groups is 1. The second kappa shape index (κ2) is 12.2. The van der Waals surface area contributed by atoms with E-state index in [1.165, 1.54) is 4.31 Å². The molecule has 4 aromatic rings. The van der Waals surface area contributed by atoms with Crippen LogP contribution in [0.4, 0.5) is 0 Å². The minimum Gasteiger partial charge on any atom is -0.333 e. The number of hydrogen-bond acceptors (Lipinski definition) is 3. The Balaban J connectivity index is 1.66. The van der Waals surface area contributed by atoms with Gasteiger partial charge in [-0.05, 0) is 41.8 Å². The largest absolute Gasteiger partial charge is 0.333 e. The number of halogens is 1. The molecule has 0 spiro atoms. The summed E-state index contributed by atoms with van der Waals surface area (Å²) >= 11 is 6.38. The summed E-state index contributed by atoms with van der Waals surface area (Å²) in [6, 6.07) is 33.1. The molecular formula is C30H29ClN2O3S. The Labute approximate surface area is 224 Å². The van der Waals surface area contributed by atoms with Crippen molar-refractivity contribution in [2.45, 2.75) is 31.5 Å². The molecule has 37 heavy (non-hydrogen) atoms. The lowest BCUT2D eigenvalue weighted by Crippen LogP contribution is -2.42. The van der Waals surface area contributed by atoms with Crippen molar-refractivity contribution in [3.05, 3.63) is 136 Å². The normalized spacial score (nSPS) is 11.4. The highest BCUT2D eigenvalue weighted by Gasteiger charge is 2.29. The molecule has 0 aliphatic carbocycles. The molecule has 4 aromatic carbocycles. The number of sulfonamides is 1. The predicted octanol–water partition coefficient (Wildman–Crippen LogP) is 6.07. The zero-order chi connectivity index (χ0) is 26.3. The van der Waals surface area contributed by atoms with Crippen LogP contribution < -0.4 is 0 Å². The minimum absolute atomic E-state index is 0.0217. The molecule has 0 N–H and O–H groups in total. The number of aryl methyl sites for hydroxylation is 1. The molecule has 5 nitrogen and oxygen atoms in total. The van der Waals surface area contributed by atoms with Crippen molar-refractivity contribution in [1.29, 1.82) is 0 Å². The van der Waals surface area contributed by atoms with Crippen molar-refractivity contribution in [3.8, 4) is 0 Å². The molecule has 0 bridgehead atoms. The Kier molecular flexibility index (Phi) is 8.77. The lowest BCUT2D eigenvalue weighted by molar-refractivity contribution is -0.132. The SMILES string of the molecule is Cc1ccc(S(=O)(=O)N(CC(=O)N(Cc2ccccc2)Cc2ccccc2)Cc2ccccc2Cl)cc1. The first-order valence-corrected chi connectivity index (χ1v) is 13.8. The van der Waals surface area contributed by atoms with Gasteiger partial charge in [0, 0.05) is 24.7 Å². The maximum Gasteiger partial charge on any atom is 0.243 e. The zero-order valence-electron chi connectivity index (χ0n) is 20.6. The Morgan fingerprint density at radius 3 is 1.76 bits per heavy atom. The molecular weight excluding hydrogens is 504 g/mol. The molecule has 0 aliphatic heterocycles. The van der Waals surface area contributed by atoms with Crippen molar-refractivity contribution < 1.29 is 13.2 Å². The summed E-state index contributed by atoms with van der Waals surface area (Å²) in [7, 11) is -3.98. The number of amides is 1. The van der Waals surface area contributed by atoms with Gasteiger partial charge in [-0.1, -0.05) is 108 Å². The highest BCUT2D eigenvalue weighted by atomic mass is 35.5. The molecule has 190 valence electrons. The molecule has 4 rings (SSSR count). The Hall–Kier alpha value is -3.45. The molecule has 0 aliphatic rings. The van der Waals surface area contributed by atoms with Crippen LogP contribution >= 0.6 is 11.6 Å². The lowest BCUT2D eigenvalue weighted by atomic mass is 10.1. The van der Waals surface area contributed by atoms with E-state index in [9.17, 15) is 13.2 Å². The van der Waals surface area contributed by atoms with Crippen molar-refractivity contribution >= 4 is 27.5 Å². The van der Waals surface area contributed by atoms with Gasteiger partial charge in [0.2, 0.25) is 15.9 Å². The van der Waals surface area contributed by atoms with Gasteiger partial charge in [-0.2, -0.15) is 4.31 Å². The number of hydrogen-bond donors (Lipinski definition) is 0. The van der Waals surface area contributed by atoms with Crippen LogP contribution in [0.15, 0.2) is 114 Å². The second-order valence-electron chi connectivity index (χ2n) is 8.90. The fraction of sp³-hybridized carbons (Fsp3) is 0.167. The predicted molar refractivity (Wildman–Crippen MR) is 147 cm³/mol. The molecule has 0 aromatic heterocycles. The van der Waals surface area contributed by atoms with Crippen LogP contribution in [-0.2, 0) is 34.5 Å². The third-order valence-electron chi connectivity index (χ3n) is 6.06. The highest BCUT2D eigenvalue weighted by Crippen LogP contribution is 2.23. The monoisotopic (exact) mass is 532 g/mol. The van der Waals surface area contributed by atoms with Gasteiger partial charge >= 0.3 is 0 Å². The first-order chi connectivity index (χ1) is 17.8. The molecule has 7 heteroatoms. The van der Waals surface area contributed by atoms with Crippen LogP contribution in [0.5, 0.6) is 0 Å². The summed E-state index contributed by atoms with van der Waals surface area (Å²) in [5.41, 5.74) is 3.51. The summed E-state index contributed by atoms with van der Waals surface area (Å²) in [6.07, 6.45) is 0. The smallest absolute Gasteiger partial charge is 0.243 e. The topological polar surface area (TPSA) is 57.7 Å². The Morgan fingerprint density at radius 1 is 0.703 bits per heavy atom. The highest BCUT2D eigenvalue weighted by molar-refractivity contribution is 7.89. The summed E-state index contributed by atoms with van der Waals surface area (Å²) in [5.74, 6) is -0.296. The van der Waals surface area contributed by atoms with Gasteiger partial charge in [0.1, 0.15) is 0 Å². The van der Waals surface area contributed by atoms with Gasteiger partial charge < -0.3 is 4.90 Å². The molecule has 0 saturated carbocycles. The Morgan fingerprint density at radius 2 is 1.22 bits per heavy atom. The van der Waals surface area contributed by atoms with E-state index in [-0.39, 0.29) is 23.9 Å². The van der Waals surface area contributed by atoms with Crippen molar-refractivity contribution in [3.63, 3.8) is 0 Å². The van der Waals surface area contributed by atoms with Crippen LogP contribution in [0.1, 0.15) is 22.3 Å². The van der Waals surface area contributed by atoms with E-state index in [4.69, 9.17) is 11.6 Å². The van der Waals surface area contributed by atoms with Crippen LogP contribution in [0.2, 0.25) is 5.02 Å². The lowest BCUT2D eigenvalue weighted by Gasteiger charge is -2.28. The molecule has 0 unspecified atom stereocenters. The van der Waals surface area contributed by atoms with E-state index in [0.29, 0.717) is 23.7 Å². The molecule has 0 radical (unpaired) electrons. The fourth-order valence-electron chi connectivity index (χ4n) is 3.99. The van der Waals surface area contributed by atoms with E-state index in [0.717, 1.165) is 16.7 Å². The Bertz CT molecular complexity index is 1390. The summed E-state index contributed by atoms with van der Waals surface area (Å²) in [6.45, 7) is 2.28. The van der Waals surface area contributed by atoms with E-state index in [1.54, 1.807) is 53.4 Å². The van der Waals surface area contributed by atoms with Gasteiger partial charge in [-0.3, -0.25) is 4.79 Å². The van der Waals surface area contributed by atoms with Gasteiger partial charge in [0.25, 0.3) is 0 Å². The van der Waals surface area contributed by atoms with E-state index < -0.39 is 10.0 Å². The molecule has 0 heterocycles. The third kappa shape index (κ3) is 7.07. The average molecular weight is 533 g/mol. The standard InChI is InChI=1S/C30H29ClN2O3S/c1-24-16-18-28(19-17-24)37(35,36)33(22-27-14-8-9-15-29(27)31)23-30(34)32(20-25-10-4-2-5-11-25)21-26-12-6-3-7-13-26/h2-19H,20-23H2,1H3. The van der Waals surface area contributed by atoms with Gasteiger partial charge in [0.05, 0.1) is 11.4 Å². The maximum absolute atomic E-state index is 13.8. The first kappa shape index (κ1) is 26.6. The quantitative estimate of drug-likeness (QED) is 0.249. The van der Waals surface area contributed by atoms with Crippen LogP contribution in [0.25, 0.3) is 0 Å². The zero-order valence-corrected chi connectivity index (χ0v) is 22.2. The maximum atomic E-state index is 13.8. The molecule has 0 fully saturated rings. The summed E-state index contributed by atoms with van der Waals surface area (Å²) in [5, 5.41) is 0.449. The fourth-order valence-corrected chi connectivity index (χ4v) is 5.56. The van der Waals surface area contributed by atoms with Crippen molar-refractivity contribution in [2.24, 2.45) is 0 Å². The van der Waals surface area contributed by atoms with Crippen molar-refractivity contribution in [1.82, 2.24) is 9.21 Å². The number of nitrogens with zero attached hydrogens (tertiary/aromatic N) is 2. The van der Waals surface area contributed by atoms with Gasteiger partial charge in [-0.25, -0.2) is 8.42 Å². The number of benzene rings is 4. The molecule has 0 saturated heterocycles. The van der Waals surface area contributed by atoms with Crippen LogP contribution in [-0.4, -0.2) is 30.1 Å². The molecule has 0 atom stereocenters. The van der Waals surface area contributed by atoms with Gasteiger partial charge in [-0.15, -0.1) is 0 Å². The number of rotatable bonds is 10. The van der Waals surface area contributed by atoms with E-state index >= 15 is 0 Å². The first-order valence-electron chi connectivity index (χ1n) is 12.0. The molecule has 1 amide bonds. The summed E-state index contributed by atoms with van der Waals surface area (Å²) in [4.78, 5) is 15.6. The third-order valence-corrected chi connectivity index (χ3v) is 8.23. The average Bonchev–Trinajstić information content (AvgIpc) is 2.90. The summed E-state index contributed by atoms with van der Waals surface area (Å²) < 4.78 is 28.7. The van der Waals surface area contributed by atoms with E-state index in [1.807, 2.05) is 67.6 Å². The number of carbonyl (C=O) groups excluding carboxylic acids is 1. The van der Waals surface area contributed by atoms with E-state index in [2.05, 4.69) is 0 Å². The minimum atomic E-state index is -3.98. The van der Waals surface area contributed by atoms with Crippen LogP contribution in [0, 0.1) is 6.92 Å². The van der Waals surface area contributed by atoms with Crippen molar-refractivity contribution in [2.75, 3.05) is 6.54 Å². The van der Waals surface area contributed by atoms with Crippen LogP contribution in [0.3, 0.4) is 0 Å². The van der Waals surface area contributed by atoms with Gasteiger partial charge in [0.15, 0.2) is 0 Å². The second-order valence-corrected chi connectivity index (χ2v) is 11.2.